The average molecular weight is 419 g/mol. The van der Waals surface area contributed by atoms with Crippen LogP contribution >= 0.6 is 0 Å². The standard InChI is InChI=1S/C11H12O2.C7H12O2.C6H10O2/c1-9-12-8-7-11(13-9)10-5-3-2-4-6-10;1-5-4-6(2)9-7(3)8-5;1-5-3-4-7-6(2)8-5/h2-6,11H,1,7-8H2;5-6H,3-4H2,1-2H3;5H,2-4H2,1H3. The summed E-state index contributed by atoms with van der Waals surface area (Å²) < 4.78 is 30.8. The molecule has 0 amide bonds. The van der Waals surface area contributed by atoms with Gasteiger partial charge >= 0.3 is 0 Å². The van der Waals surface area contributed by atoms with E-state index in [-0.39, 0.29) is 24.4 Å². The molecule has 3 fully saturated rings. The summed E-state index contributed by atoms with van der Waals surface area (Å²) in [5, 5.41) is 0. The third kappa shape index (κ3) is 8.72. The first-order valence-corrected chi connectivity index (χ1v) is 10.4. The molecule has 3 heterocycles. The molecule has 0 N–H and O–H groups in total. The van der Waals surface area contributed by atoms with Crippen molar-refractivity contribution in [3.63, 3.8) is 0 Å². The highest BCUT2D eigenvalue weighted by Gasteiger charge is 2.19. The Hall–Kier alpha value is -2.76. The van der Waals surface area contributed by atoms with E-state index in [4.69, 9.17) is 28.4 Å². The number of hydrogen-bond donors (Lipinski definition) is 0. The molecule has 4 unspecified atom stereocenters. The van der Waals surface area contributed by atoms with Gasteiger partial charge in [0.15, 0.2) is 0 Å². The predicted octanol–water partition coefficient (Wildman–Crippen LogP) is 5.59. The first kappa shape index (κ1) is 23.5. The molecule has 3 aliphatic rings. The lowest BCUT2D eigenvalue weighted by molar-refractivity contribution is -0.0906. The smallest absolute Gasteiger partial charge is 0.272 e. The Kier molecular flexibility index (Phi) is 9.45. The van der Waals surface area contributed by atoms with E-state index in [0.717, 1.165) is 25.9 Å². The maximum absolute atomic E-state index is 5.46. The first-order valence-electron chi connectivity index (χ1n) is 10.4. The van der Waals surface area contributed by atoms with Crippen LogP contribution in [0.5, 0.6) is 0 Å². The van der Waals surface area contributed by atoms with Crippen LogP contribution in [0.2, 0.25) is 0 Å². The highest BCUT2D eigenvalue weighted by atomic mass is 16.7. The fraction of sp³-hybridized carbons (Fsp3) is 0.500. The van der Waals surface area contributed by atoms with E-state index in [1.54, 1.807) is 0 Å². The Morgan fingerprint density at radius 1 is 0.667 bits per heavy atom. The minimum atomic E-state index is 0.113. The van der Waals surface area contributed by atoms with E-state index in [1.165, 1.54) is 5.56 Å². The van der Waals surface area contributed by atoms with Crippen molar-refractivity contribution in [1.82, 2.24) is 0 Å². The maximum Gasteiger partial charge on any atom is 0.272 e. The number of hydrogen-bond acceptors (Lipinski definition) is 6. The van der Waals surface area contributed by atoms with Gasteiger partial charge in [0.1, 0.15) is 24.4 Å². The number of rotatable bonds is 1. The summed E-state index contributed by atoms with van der Waals surface area (Å²) >= 11 is 0. The van der Waals surface area contributed by atoms with Crippen molar-refractivity contribution >= 4 is 0 Å². The summed E-state index contributed by atoms with van der Waals surface area (Å²) in [6.07, 6.45) is 3.75. The molecule has 0 saturated carbocycles. The molecule has 6 nitrogen and oxygen atoms in total. The van der Waals surface area contributed by atoms with Crippen LogP contribution in [0, 0.1) is 0 Å². The highest BCUT2D eigenvalue weighted by molar-refractivity contribution is 5.18. The summed E-state index contributed by atoms with van der Waals surface area (Å²) in [4.78, 5) is 0. The normalized spacial score (nSPS) is 27.6. The molecular weight excluding hydrogens is 384 g/mol. The van der Waals surface area contributed by atoms with Gasteiger partial charge in [0.25, 0.3) is 17.8 Å². The minimum Gasteiger partial charge on any atom is -0.466 e. The zero-order chi connectivity index (χ0) is 21.9. The Balaban J connectivity index is 0.000000167. The third-order valence-corrected chi connectivity index (χ3v) is 4.54. The molecule has 3 saturated heterocycles. The Bertz CT molecular complexity index is 674. The molecule has 0 radical (unpaired) electrons. The second kappa shape index (κ2) is 12.1. The monoisotopic (exact) mass is 418 g/mol. The highest BCUT2D eigenvalue weighted by Crippen LogP contribution is 2.27. The first-order chi connectivity index (χ1) is 14.3. The second-order valence-corrected chi connectivity index (χ2v) is 7.43. The molecular formula is C24H34O6. The summed E-state index contributed by atoms with van der Waals surface area (Å²) in [5.74, 6) is 1.35. The van der Waals surface area contributed by atoms with Crippen molar-refractivity contribution in [2.24, 2.45) is 0 Å². The van der Waals surface area contributed by atoms with E-state index >= 15 is 0 Å². The van der Waals surface area contributed by atoms with Crippen molar-refractivity contribution in [2.75, 3.05) is 13.2 Å². The van der Waals surface area contributed by atoms with Gasteiger partial charge in [-0.05, 0) is 46.1 Å². The van der Waals surface area contributed by atoms with Gasteiger partial charge in [-0.3, -0.25) is 0 Å². The van der Waals surface area contributed by atoms with Gasteiger partial charge in [-0.15, -0.1) is 0 Å². The van der Waals surface area contributed by atoms with Gasteiger partial charge in [-0.2, -0.15) is 0 Å². The fourth-order valence-corrected chi connectivity index (χ4v) is 3.13. The quantitative estimate of drug-likeness (QED) is 0.593. The molecule has 0 bridgehead atoms. The van der Waals surface area contributed by atoms with Crippen LogP contribution in [0.4, 0.5) is 0 Å². The summed E-state index contributed by atoms with van der Waals surface area (Å²) in [7, 11) is 0. The van der Waals surface area contributed by atoms with Gasteiger partial charge in [-0.25, -0.2) is 0 Å². The van der Waals surface area contributed by atoms with E-state index < -0.39 is 0 Å². The number of benzene rings is 1. The van der Waals surface area contributed by atoms with Crippen molar-refractivity contribution in [1.29, 1.82) is 0 Å². The van der Waals surface area contributed by atoms with Gasteiger partial charge in [0, 0.05) is 19.3 Å². The van der Waals surface area contributed by atoms with Gasteiger partial charge < -0.3 is 28.4 Å². The van der Waals surface area contributed by atoms with Crippen LogP contribution in [0.15, 0.2) is 67.9 Å². The molecule has 3 aliphatic heterocycles. The Morgan fingerprint density at radius 3 is 1.67 bits per heavy atom. The molecule has 1 aromatic carbocycles. The number of ether oxygens (including phenoxy) is 6. The van der Waals surface area contributed by atoms with E-state index in [0.29, 0.717) is 24.4 Å². The molecule has 0 aromatic heterocycles. The molecule has 0 aliphatic carbocycles. The largest absolute Gasteiger partial charge is 0.466 e. The molecule has 0 spiro atoms. The van der Waals surface area contributed by atoms with Crippen molar-refractivity contribution < 1.29 is 28.4 Å². The molecule has 166 valence electrons. The lowest BCUT2D eigenvalue weighted by Crippen LogP contribution is -2.25. The summed E-state index contributed by atoms with van der Waals surface area (Å²) in [6, 6.07) is 10.1. The summed E-state index contributed by atoms with van der Waals surface area (Å²) in [6.45, 7) is 18.2. The van der Waals surface area contributed by atoms with Crippen LogP contribution in [0.1, 0.15) is 51.7 Å². The predicted molar refractivity (Wildman–Crippen MR) is 115 cm³/mol. The lowest BCUT2D eigenvalue weighted by atomic mass is 10.1. The lowest BCUT2D eigenvalue weighted by Gasteiger charge is -2.27. The van der Waals surface area contributed by atoms with Crippen LogP contribution in [-0.4, -0.2) is 31.5 Å². The Labute approximate surface area is 180 Å². The molecule has 4 rings (SSSR count). The third-order valence-electron chi connectivity index (χ3n) is 4.54. The topological polar surface area (TPSA) is 55.4 Å². The Morgan fingerprint density at radius 2 is 1.20 bits per heavy atom. The minimum absolute atomic E-state index is 0.113. The second-order valence-electron chi connectivity index (χ2n) is 7.43. The van der Waals surface area contributed by atoms with E-state index in [9.17, 15) is 0 Å². The SMILES string of the molecule is C=C1OC(C)CC(C)O1.C=C1OCCC(C)O1.C=C1OCCC(c2ccccc2)O1. The van der Waals surface area contributed by atoms with Crippen LogP contribution in [0.25, 0.3) is 0 Å². The van der Waals surface area contributed by atoms with Crippen molar-refractivity contribution in [3.8, 4) is 0 Å². The zero-order valence-electron chi connectivity index (χ0n) is 18.3. The van der Waals surface area contributed by atoms with Gasteiger partial charge in [-0.1, -0.05) is 30.3 Å². The molecule has 30 heavy (non-hydrogen) atoms. The van der Waals surface area contributed by atoms with Gasteiger partial charge in [0.05, 0.1) is 13.2 Å². The van der Waals surface area contributed by atoms with Crippen LogP contribution in [0.3, 0.4) is 0 Å². The maximum atomic E-state index is 5.46. The molecule has 1 aromatic rings. The zero-order valence-corrected chi connectivity index (χ0v) is 18.3. The van der Waals surface area contributed by atoms with Crippen molar-refractivity contribution in [2.45, 2.75) is 64.4 Å². The molecule has 4 atom stereocenters. The average Bonchev–Trinajstić information content (AvgIpc) is 2.68. The van der Waals surface area contributed by atoms with Crippen LogP contribution in [-0.2, 0) is 28.4 Å². The fourth-order valence-electron chi connectivity index (χ4n) is 3.13. The molecule has 6 heteroatoms. The van der Waals surface area contributed by atoms with Crippen LogP contribution < -0.4 is 0 Å². The summed E-state index contributed by atoms with van der Waals surface area (Å²) in [5.41, 5.74) is 1.19. The van der Waals surface area contributed by atoms with Crippen molar-refractivity contribution in [3.05, 3.63) is 73.5 Å². The van der Waals surface area contributed by atoms with E-state index in [1.807, 2.05) is 39.0 Å². The van der Waals surface area contributed by atoms with E-state index in [2.05, 4.69) is 31.9 Å². The van der Waals surface area contributed by atoms with Gasteiger partial charge in [0.2, 0.25) is 0 Å².